The van der Waals surface area contributed by atoms with Gasteiger partial charge in [-0.1, -0.05) is 30.3 Å². The maximum atomic E-state index is 12.7. The van der Waals surface area contributed by atoms with Crippen molar-refractivity contribution < 1.29 is 4.79 Å². The normalized spacial score (nSPS) is 18.0. The van der Waals surface area contributed by atoms with Crippen molar-refractivity contribution in [2.75, 3.05) is 27.2 Å². The molecule has 1 aromatic carbocycles. The Hall–Kier alpha value is -1.39. The van der Waals surface area contributed by atoms with Crippen LogP contribution in [0.4, 0.5) is 0 Å². The van der Waals surface area contributed by atoms with E-state index >= 15 is 0 Å². The van der Waals surface area contributed by atoms with Gasteiger partial charge in [0, 0.05) is 14.1 Å². The molecule has 104 valence electrons. The minimum Gasteiger partial charge on any atom is -0.317 e. The predicted octanol–water partition coefficient (Wildman–Crippen LogP) is 1.19. The molecule has 1 aromatic rings. The van der Waals surface area contributed by atoms with Crippen LogP contribution in [0.5, 0.6) is 0 Å². The molecule has 0 bridgehead atoms. The van der Waals surface area contributed by atoms with Crippen molar-refractivity contribution in [1.82, 2.24) is 15.8 Å². The Bertz CT molecular complexity index is 413. The molecule has 0 unspecified atom stereocenters. The second-order valence-electron chi connectivity index (χ2n) is 5.28. The maximum absolute atomic E-state index is 12.7. The number of hydrogen-bond donors (Lipinski definition) is 2. The Morgan fingerprint density at radius 1 is 1.32 bits per heavy atom. The first-order chi connectivity index (χ1) is 9.18. The van der Waals surface area contributed by atoms with Crippen LogP contribution in [0.1, 0.15) is 18.4 Å². The number of carbonyl (C=O) groups is 1. The van der Waals surface area contributed by atoms with Crippen molar-refractivity contribution in [3.05, 3.63) is 35.9 Å². The molecule has 1 saturated heterocycles. The maximum Gasteiger partial charge on any atom is 0.243 e. The van der Waals surface area contributed by atoms with Crippen LogP contribution in [-0.4, -0.2) is 38.1 Å². The molecule has 0 aromatic heterocycles. The van der Waals surface area contributed by atoms with Gasteiger partial charge >= 0.3 is 0 Å². The number of nitrogens with zero attached hydrogens (tertiary/aromatic N) is 1. The average Bonchev–Trinajstić information content (AvgIpc) is 2.47. The largest absolute Gasteiger partial charge is 0.317 e. The SMILES string of the molecule is CNN(C)C(=O)C1(Cc2ccccc2)CCNCC1. The molecule has 0 atom stereocenters. The second-order valence-corrected chi connectivity index (χ2v) is 5.28. The molecule has 2 N–H and O–H groups in total. The van der Waals surface area contributed by atoms with E-state index in [0.717, 1.165) is 32.4 Å². The fourth-order valence-corrected chi connectivity index (χ4v) is 2.82. The van der Waals surface area contributed by atoms with Crippen LogP contribution in [-0.2, 0) is 11.2 Å². The van der Waals surface area contributed by atoms with Gasteiger partial charge in [-0.05, 0) is 37.9 Å². The fourth-order valence-electron chi connectivity index (χ4n) is 2.82. The third kappa shape index (κ3) is 3.14. The molecule has 1 amide bonds. The minimum atomic E-state index is -0.273. The zero-order valence-corrected chi connectivity index (χ0v) is 11.8. The zero-order valence-electron chi connectivity index (χ0n) is 11.8. The summed E-state index contributed by atoms with van der Waals surface area (Å²) in [5.41, 5.74) is 3.90. The molecular weight excluding hydrogens is 238 g/mol. The minimum absolute atomic E-state index is 0.195. The number of hydrogen-bond acceptors (Lipinski definition) is 3. The van der Waals surface area contributed by atoms with Gasteiger partial charge in [0.05, 0.1) is 5.41 Å². The van der Waals surface area contributed by atoms with Gasteiger partial charge in [0.1, 0.15) is 0 Å². The summed E-state index contributed by atoms with van der Waals surface area (Å²) in [4.78, 5) is 12.7. The highest BCUT2D eigenvalue weighted by Gasteiger charge is 2.41. The summed E-state index contributed by atoms with van der Waals surface area (Å²) in [5, 5.41) is 4.97. The summed E-state index contributed by atoms with van der Waals surface area (Å²) < 4.78 is 0. The topological polar surface area (TPSA) is 44.4 Å². The first kappa shape index (κ1) is 14.0. The molecule has 1 fully saturated rings. The first-order valence-corrected chi connectivity index (χ1v) is 6.88. The van der Waals surface area contributed by atoms with Crippen molar-refractivity contribution >= 4 is 5.91 Å². The van der Waals surface area contributed by atoms with E-state index in [9.17, 15) is 4.79 Å². The van der Waals surface area contributed by atoms with E-state index in [4.69, 9.17) is 0 Å². The van der Waals surface area contributed by atoms with Gasteiger partial charge in [-0.25, -0.2) is 5.43 Å². The van der Waals surface area contributed by atoms with E-state index in [0.29, 0.717) is 0 Å². The van der Waals surface area contributed by atoms with E-state index in [2.05, 4.69) is 22.9 Å². The summed E-state index contributed by atoms with van der Waals surface area (Å²) in [6, 6.07) is 10.3. The van der Waals surface area contributed by atoms with Gasteiger partial charge < -0.3 is 5.32 Å². The van der Waals surface area contributed by atoms with Crippen molar-refractivity contribution in [3.63, 3.8) is 0 Å². The monoisotopic (exact) mass is 261 g/mol. The molecule has 0 aliphatic carbocycles. The number of amides is 1. The molecule has 19 heavy (non-hydrogen) atoms. The van der Waals surface area contributed by atoms with Crippen LogP contribution < -0.4 is 10.7 Å². The smallest absolute Gasteiger partial charge is 0.243 e. The van der Waals surface area contributed by atoms with Gasteiger partial charge in [0.25, 0.3) is 0 Å². The van der Waals surface area contributed by atoms with Crippen LogP contribution in [0, 0.1) is 5.41 Å². The fraction of sp³-hybridized carbons (Fsp3) is 0.533. The molecule has 0 radical (unpaired) electrons. The highest BCUT2D eigenvalue weighted by Crippen LogP contribution is 2.34. The summed E-state index contributed by atoms with van der Waals surface area (Å²) in [7, 11) is 3.59. The Kier molecular flexibility index (Phi) is 4.56. The van der Waals surface area contributed by atoms with Gasteiger partial charge in [0.2, 0.25) is 5.91 Å². The Balaban J connectivity index is 2.22. The van der Waals surface area contributed by atoms with E-state index in [1.807, 2.05) is 18.2 Å². The molecule has 1 aliphatic rings. The van der Waals surface area contributed by atoms with Gasteiger partial charge in [-0.3, -0.25) is 9.80 Å². The number of carbonyl (C=O) groups excluding carboxylic acids is 1. The zero-order chi connectivity index (χ0) is 13.7. The lowest BCUT2D eigenvalue weighted by Crippen LogP contribution is -2.52. The standard InChI is InChI=1S/C15H23N3O/c1-16-18(2)14(19)15(8-10-17-11-9-15)12-13-6-4-3-5-7-13/h3-7,16-17H,8-12H2,1-2H3. The lowest BCUT2D eigenvalue weighted by molar-refractivity contribution is -0.145. The lowest BCUT2D eigenvalue weighted by atomic mass is 9.73. The number of rotatable bonds is 4. The van der Waals surface area contributed by atoms with Gasteiger partial charge in [-0.2, -0.15) is 0 Å². The van der Waals surface area contributed by atoms with Crippen LogP contribution in [0.2, 0.25) is 0 Å². The molecule has 1 aliphatic heterocycles. The van der Waals surface area contributed by atoms with E-state index < -0.39 is 0 Å². The highest BCUT2D eigenvalue weighted by atomic mass is 16.2. The van der Waals surface area contributed by atoms with Crippen molar-refractivity contribution in [2.45, 2.75) is 19.3 Å². The predicted molar refractivity (Wildman–Crippen MR) is 76.5 cm³/mol. The molecule has 4 heteroatoms. The Labute approximate surface area is 115 Å². The number of piperidine rings is 1. The Morgan fingerprint density at radius 3 is 2.53 bits per heavy atom. The van der Waals surface area contributed by atoms with Crippen LogP contribution in [0.3, 0.4) is 0 Å². The van der Waals surface area contributed by atoms with E-state index in [1.54, 1.807) is 19.1 Å². The van der Waals surface area contributed by atoms with Gasteiger partial charge in [0.15, 0.2) is 0 Å². The second kappa shape index (κ2) is 6.17. The van der Waals surface area contributed by atoms with Crippen molar-refractivity contribution in [1.29, 1.82) is 0 Å². The lowest BCUT2D eigenvalue weighted by Gasteiger charge is -2.38. The summed E-state index contributed by atoms with van der Waals surface area (Å²) in [6.45, 7) is 1.83. The molecular formula is C15H23N3O. The third-order valence-corrected chi connectivity index (χ3v) is 4.04. The molecule has 1 heterocycles. The highest BCUT2D eigenvalue weighted by molar-refractivity contribution is 5.82. The summed E-state index contributed by atoms with van der Waals surface area (Å²) in [6.07, 6.45) is 2.61. The van der Waals surface area contributed by atoms with Crippen molar-refractivity contribution in [3.8, 4) is 0 Å². The van der Waals surface area contributed by atoms with Crippen LogP contribution in [0.15, 0.2) is 30.3 Å². The molecule has 4 nitrogen and oxygen atoms in total. The summed E-state index contributed by atoms with van der Waals surface area (Å²) >= 11 is 0. The summed E-state index contributed by atoms with van der Waals surface area (Å²) in [5.74, 6) is 0.195. The third-order valence-electron chi connectivity index (χ3n) is 4.04. The average molecular weight is 261 g/mol. The van der Waals surface area contributed by atoms with Gasteiger partial charge in [-0.15, -0.1) is 0 Å². The van der Waals surface area contributed by atoms with Crippen molar-refractivity contribution in [2.24, 2.45) is 5.41 Å². The first-order valence-electron chi connectivity index (χ1n) is 6.88. The van der Waals surface area contributed by atoms with Crippen LogP contribution >= 0.6 is 0 Å². The quantitative estimate of drug-likeness (QED) is 0.800. The van der Waals surface area contributed by atoms with Crippen LogP contribution in [0.25, 0.3) is 0 Å². The molecule has 2 rings (SSSR count). The van der Waals surface area contributed by atoms with E-state index in [1.165, 1.54) is 5.56 Å². The Morgan fingerprint density at radius 2 is 1.95 bits per heavy atom. The molecule has 0 spiro atoms. The number of benzene rings is 1. The number of nitrogens with one attached hydrogen (secondary N) is 2. The van der Waals surface area contributed by atoms with E-state index in [-0.39, 0.29) is 11.3 Å². The molecule has 0 saturated carbocycles. The number of hydrazine groups is 1.